The molecule has 0 aliphatic heterocycles. The predicted molar refractivity (Wildman–Crippen MR) is 62.8 cm³/mol. The highest BCUT2D eigenvalue weighted by Crippen LogP contribution is 2.25. The van der Waals surface area contributed by atoms with Gasteiger partial charge in [0, 0.05) is 45.8 Å². The number of hydrogen-bond acceptors (Lipinski definition) is 3. The molecule has 1 atom stereocenters. The lowest BCUT2D eigenvalue weighted by molar-refractivity contribution is -0.119. The van der Waals surface area contributed by atoms with Crippen LogP contribution in [0.15, 0.2) is 11.8 Å². The lowest BCUT2D eigenvalue weighted by Crippen LogP contribution is -2.30. The lowest BCUT2D eigenvalue weighted by Gasteiger charge is -2.24. The molecule has 0 aromatic heterocycles. The maximum absolute atomic E-state index is 11.6. The van der Waals surface area contributed by atoms with Gasteiger partial charge in [-0.15, -0.1) is 0 Å². The van der Waals surface area contributed by atoms with Gasteiger partial charge in [0.1, 0.15) is 0 Å². The molecular formula is C12H20N2O2. The maximum atomic E-state index is 11.6. The first kappa shape index (κ1) is 12.7. The van der Waals surface area contributed by atoms with Crippen LogP contribution in [0.1, 0.15) is 26.2 Å². The molecule has 1 fully saturated rings. The highest BCUT2D eigenvalue weighted by atomic mass is 16.1. The SMILES string of the molecule is CC(=O)NCC1CCC(=O)/C(=C/N(C)C)C1. The van der Waals surface area contributed by atoms with E-state index in [4.69, 9.17) is 0 Å². The van der Waals surface area contributed by atoms with Crippen LogP contribution in [-0.4, -0.2) is 37.2 Å². The van der Waals surface area contributed by atoms with Crippen LogP contribution in [0.25, 0.3) is 0 Å². The summed E-state index contributed by atoms with van der Waals surface area (Å²) in [6.45, 7) is 2.19. The van der Waals surface area contributed by atoms with Gasteiger partial charge in [-0.3, -0.25) is 9.59 Å². The van der Waals surface area contributed by atoms with E-state index in [0.29, 0.717) is 18.9 Å². The standard InChI is InChI=1S/C12H20N2O2/c1-9(15)13-7-10-4-5-12(16)11(6-10)8-14(2)3/h8,10H,4-7H2,1-3H3,(H,13,15)/b11-8+. The molecule has 0 saturated heterocycles. The van der Waals surface area contributed by atoms with Crippen molar-refractivity contribution >= 4 is 11.7 Å². The smallest absolute Gasteiger partial charge is 0.216 e. The number of carbonyl (C=O) groups is 2. The van der Waals surface area contributed by atoms with E-state index in [1.807, 2.05) is 25.2 Å². The second kappa shape index (κ2) is 5.68. The Morgan fingerprint density at radius 3 is 2.81 bits per heavy atom. The number of rotatable bonds is 3. The zero-order valence-electron chi connectivity index (χ0n) is 10.2. The third kappa shape index (κ3) is 4.04. The van der Waals surface area contributed by atoms with Gasteiger partial charge >= 0.3 is 0 Å². The molecule has 0 aromatic carbocycles. The number of allylic oxidation sites excluding steroid dienone is 1. The van der Waals surface area contributed by atoms with Gasteiger partial charge in [0.25, 0.3) is 0 Å². The van der Waals surface area contributed by atoms with Crippen LogP contribution in [0.3, 0.4) is 0 Å². The van der Waals surface area contributed by atoms with E-state index >= 15 is 0 Å². The van der Waals surface area contributed by atoms with Gasteiger partial charge in [-0.1, -0.05) is 0 Å². The molecule has 0 bridgehead atoms. The Morgan fingerprint density at radius 1 is 1.56 bits per heavy atom. The Kier molecular flexibility index (Phi) is 4.52. The minimum Gasteiger partial charge on any atom is -0.383 e. The summed E-state index contributed by atoms with van der Waals surface area (Å²) in [7, 11) is 3.83. The third-order valence-corrected chi connectivity index (χ3v) is 2.70. The van der Waals surface area contributed by atoms with Gasteiger partial charge < -0.3 is 10.2 Å². The molecular weight excluding hydrogens is 204 g/mol. The second-order valence-corrected chi connectivity index (χ2v) is 4.59. The molecule has 1 unspecified atom stereocenters. The van der Waals surface area contributed by atoms with Crippen molar-refractivity contribution in [2.75, 3.05) is 20.6 Å². The Bertz CT molecular complexity index is 308. The quantitative estimate of drug-likeness (QED) is 0.726. The molecule has 0 spiro atoms. The monoisotopic (exact) mass is 224 g/mol. The van der Waals surface area contributed by atoms with Crippen molar-refractivity contribution in [2.24, 2.45) is 5.92 Å². The maximum Gasteiger partial charge on any atom is 0.216 e. The average Bonchev–Trinajstić information content (AvgIpc) is 2.18. The molecule has 1 aliphatic rings. The minimum absolute atomic E-state index is 0.00459. The number of carbonyl (C=O) groups excluding carboxylic acids is 2. The molecule has 1 aliphatic carbocycles. The van der Waals surface area contributed by atoms with E-state index in [9.17, 15) is 9.59 Å². The molecule has 0 radical (unpaired) electrons. The lowest BCUT2D eigenvalue weighted by atomic mass is 9.85. The number of nitrogens with one attached hydrogen (secondary N) is 1. The highest BCUT2D eigenvalue weighted by Gasteiger charge is 2.23. The van der Waals surface area contributed by atoms with Crippen LogP contribution in [0.5, 0.6) is 0 Å². The zero-order valence-corrected chi connectivity index (χ0v) is 10.2. The van der Waals surface area contributed by atoms with E-state index in [2.05, 4.69) is 5.32 Å². The molecule has 90 valence electrons. The topological polar surface area (TPSA) is 49.4 Å². The van der Waals surface area contributed by atoms with Crippen molar-refractivity contribution in [1.82, 2.24) is 10.2 Å². The molecule has 4 nitrogen and oxygen atoms in total. The fraction of sp³-hybridized carbons (Fsp3) is 0.667. The summed E-state index contributed by atoms with van der Waals surface area (Å²) in [5.74, 6) is 0.635. The molecule has 1 N–H and O–H groups in total. The summed E-state index contributed by atoms with van der Waals surface area (Å²) in [5, 5.41) is 2.81. The first-order valence-electron chi connectivity index (χ1n) is 5.63. The predicted octanol–water partition coefficient (Wildman–Crippen LogP) is 0.937. The van der Waals surface area contributed by atoms with Crippen LogP contribution in [0, 0.1) is 5.92 Å². The summed E-state index contributed by atoms with van der Waals surface area (Å²) in [4.78, 5) is 24.3. The first-order chi connectivity index (χ1) is 7.49. The van der Waals surface area contributed by atoms with E-state index in [1.165, 1.54) is 6.92 Å². The highest BCUT2D eigenvalue weighted by molar-refractivity contribution is 5.95. The summed E-state index contributed by atoms with van der Waals surface area (Å²) < 4.78 is 0. The van der Waals surface area contributed by atoms with Gasteiger partial charge in [-0.05, 0) is 18.8 Å². The van der Waals surface area contributed by atoms with Gasteiger partial charge in [0.15, 0.2) is 5.78 Å². The number of ketones is 1. The van der Waals surface area contributed by atoms with Crippen molar-refractivity contribution in [3.63, 3.8) is 0 Å². The number of Topliss-reactive ketones (excluding diaryl/α,β-unsaturated/α-hetero) is 1. The number of amides is 1. The van der Waals surface area contributed by atoms with Crippen molar-refractivity contribution in [1.29, 1.82) is 0 Å². The van der Waals surface area contributed by atoms with E-state index in [0.717, 1.165) is 18.4 Å². The minimum atomic E-state index is -0.00459. The fourth-order valence-corrected chi connectivity index (χ4v) is 1.92. The molecule has 1 rings (SSSR count). The van der Waals surface area contributed by atoms with Crippen LogP contribution in [0.2, 0.25) is 0 Å². The summed E-state index contributed by atoms with van der Waals surface area (Å²) in [6.07, 6.45) is 4.15. The zero-order chi connectivity index (χ0) is 12.1. The number of hydrogen-bond donors (Lipinski definition) is 1. The molecule has 1 amide bonds. The van der Waals surface area contributed by atoms with Crippen LogP contribution >= 0.6 is 0 Å². The fourth-order valence-electron chi connectivity index (χ4n) is 1.92. The van der Waals surface area contributed by atoms with Crippen molar-refractivity contribution in [3.8, 4) is 0 Å². The Labute approximate surface area is 96.7 Å². The van der Waals surface area contributed by atoms with Crippen molar-refractivity contribution in [3.05, 3.63) is 11.8 Å². The molecule has 16 heavy (non-hydrogen) atoms. The van der Waals surface area contributed by atoms with Crippen molar-refractivity contribution < 1.29 is 9.59 Å². The normalized spacial score (nSPS) is 23.3. The Morgan fingerprint density at radius 2 is 2.25 bits per heavy atom. The first-order valence-corrected chi connectivity index (χ1v) is 5.63. The third-order valence-electron chi connectivity index (χ3n) is 2.70. The van der Waals surface area contributed by atoms with E-state index in [1.54, 1.807) is 0 Å². The summed E-state index contributed by atoms with van der Waals surface area (Å²) in [5.41, 5.74) is 0.881. The van der Waals surface area contributed by atoms with Gasteiger partial charge in [-0.2, -0.15) is 0 Å². The number of nitrogens with zero attached hydrogens (tertiary/aromatic N) is 1. The van der Waals surface area contributed by atoms with Gasteiger partial charge in [0.05, 0.1) is 0 Å². The summed E-state index contributed by atoms with van der Waals surface area (Å²) in [6, 6.07) is 0. The van der Waals surface area contributed by atoms with Crippen LogP contribution < -0.4 is 5.32 Å². The second-order valence-electron chi connectivity index (χ2n) is 4.59. The average molecular weight is 224 g/mol. The van der Waals surface area contributed by atoms with Gasteiger partial charge in [-0.25, -0.2) is 0 Å². The van der Waals surface area contributed by atoms with Gasteiger partial charge in [0.2, 0.25) is 5.91 Å². The molecule has 0 heterocycles. The van der Waals surface area contributed by atoms with Crippen LogP contribution in [-0.2, 0) is 9.59 Å². The molecule has 1 saturated carbocycles. The molecule has 0 aromatic rings. The Hall–Kier alpha value is -1.32. The largest absolute Gasteiger partial charge is 0.383 e. The Balaban J connectivity index is 2.54. The molecule has 4 heteroatoms. The van der Waals surface area contributed by atoms with E-state index < -0.39 is 0 Å². The van der Waals surface area contributed by atoms with Crippen molar-refractivity contribution in [2.45, 2.75) is 26.2 Å². The summed E-state index contributed by atoms with van der Waals surface area (Å²) >= 11 is 0. The van der Waals surface area contributed by atoms with Crippen LogP contribution in [0.4, 0.5) is 0 Å². The van der Waals surface area contributed by atoms with E-state index in [-0.39, 0.29) is 11.7 Å².